The topological polar surface area (TPSA) is 67.6 Å². The van der Waals surface area contributed by atoms with Crippen LogP contribution in [0.5, 0.6) is 0 Å². The van der Waals surface area contributed by atoms with Crippen LogP contribution < -0.4 is 11.1 Å². The van der Waals surface area contributed by atoms with Crippen molar-refractivity contribution >= 4 is 6.09 Å². The normalized spacial score (nSPS) is 23.4. The first-order chi connectivity index (χ1) is 9.26. The number of likely N-dealkylation sites (tertiary alicyclic amines) is 1. The highest BCUT2D eigenvalue weighted by Gasteiger charge is 2.31. The second-order valence-corrected chi connectivity index (χ2v) is 6.80. The second kappa shape index (κ2) is 7.27. The Morgan fingerprint density at radius 2 is 2.15 bits per heavy atom. The van der Waals surface area contributed by atoms with Crippen molar-refractivity contribution in [3.8, 4) is 0 Å². The highest BCUT2D eigenvalue weighted by Crippen LogP contribution is 2.22. The molecule has 1 rings (SSSR count). The minimum absolute atomic E-state index is 0.00884. The average molecular weight is 285 g/mol. The van der Waals surface area contributed by atoms with E-state index in [0.717, 1.165) is 19.0 Å². The number of carbonyl (C=O) groups is 1. The molecule has 1 heterocycles. The zero-order valence-corrected chi connectivity index (χ0v) is 13.6. The summed E-state index contributed by atoms with van der Waals surface area (Å²) in [4.78, 5) is 14.2. The van der Waals surface area contributed by atoms with Crippen molar-refractivity contribution in [2.75, 3.05) is 19.6 Å². The molecule has 1 saturated heterocycles. The lowest BCUT2D eigenvalue weighted by Crippen LogP contribution is -2.53. The maximum absolute atomic E-state index is 11.8. The summed E-state index contributed by atoms with van der Waals surface area (Å²) in [5, 5.41) is 2.91. The maximum atomic E-state index is 11.8. The molecule has 0 aromatic heterocycles. The lowest BCUT2D eigenvalue weighted by atomic mass is 10.1. The van der Waals surface area contributed by atoms with E-state index in [-0.39, 0.29) is 18.2 Å². The van der Waals surface area contributed by atoms with E-state index in [4.69, 9.17) is 10.5 Å². The minimum atomic E-state index is -0.469. The largest absolute Gasteiger partial charge is 0.444 e. The summed E-state index contributed by atoms with van der Waals surface area (Å²) in [6, 6.07) is 0.171. The van der Waals surface area contributed by atoms with Gasteiger partial charge in [0.25, 0.3) is 0 Å². The zero-order valence-electron chi connectivity index (χ0n) is 13.6. The number of hydrogen-bond donors (Lipinski definition) is 2. The van der Waals surface area contributed by atoms with Crippen LogP contribution in [0.4, 0.5) is 4.79 Å². The van der Waals surface area contributed by atoms with Crippen molar-refractivity contribution in [2.45, 2.75) is 65.1 Å². The molecule has 0 bridgehead atoms. The summed E-state index contributed by atoms with van der Waals surface area (Å²) in [5.74, 6) is 0.762. The molecule has 0 aromatic carbocycles. The Bertz CT molecular complexity index is 315. The monoisotopic (exact) mass is 285 g/mol. The van der Waals surface area contributed by atoms with Gasteiger partial charge in [-0.2, -0.15) is 0 Å². The highest BCUT2D eigenvalue weighted by atomic mass is 16.6. The number of amides is 1. The SMILES string of the molecule is CCC1CCN(C(CN)C(C)NC(=O)OC(C)(C)C)C1. The van der Waals surface area contributed by atoms with Crippen LogP contribution in [0.2, 0.25) is 0 Å². The fraction of sp³-hybridized carbons (Fsp3) is 0.933. The van der Waals surface area contributed by atoms with Crippen LogP contribution in [0, 0.1) is 5.92 Å². The molecule has 118 valence electrons. The van der Waals surface area contributed by atoms with Crippen LogP contribution in [0.3, 0.4) is 0 Å². The van der Waals surface area contributed by atoms with Crippen molar-refractivity contribution in [1.82, 2.24) is 10.2 Å². The summed E-state index contributed by atoms with van der Waals surface area (Å²) >= 11 is 0. The Morgan fingerprint density at radius 3 is 2.60 bits per heavy atom. The van der Waals surface area contributed by atoms with Crippen molar-refractivity contribution < 1.29 is 9.53 Å². The van der Waals surface area contributed by atoms with Gasteiger partial charge in [-0.25, -0.2) is 4.79 Å². The number of nitrogens with two attached hydrogens (primary N) is 1. The summed E-state index contributed by atoms with van der Waals surface area (Å²) in [7, 11) is 0. The summed E-state index contributed by atoms with van der Waals surface area (Å²) in [6.07, 6.45) is 2.07. The van der Waals surface area contributed by atoms with Gasteiger partial charge in [0.2, 0.25) is 0 Å². The van der Waals surface area contributed by atoms with E-state index in [1.165, 1.54) is 12.8 Å². The number of nitrogens with one attached hydrogen (secondary N) is 1. The Morgan fingerprint density at radius 1 is 1.50 bits per heavy atom. The van der Waals surface area contributed by atoms with Crippen LogP contribution in [0.1, 0.15) is 47.5 Å². The van der Waals surface area contributed by atoms with Gasteiger partial charge in [-0.15, -0.1) is 0 Å². The minimum Gasteiger partial charge on any atom is -0.444 e. The summed E-state index contributed by atoms with van der Waals surface area (Å²) < 4.78 is 5.30. The number of carbonyl (C=O) groups excluding carboxylic acids is 1. The number of hydrogen-bond acceptors (Lipinski definition) is 4. The van der Waals surface area contributed by atoms with Gasteiger partial charge in [-0.3, -0.25) is 4.90 Å². The first-order valence-electron chi connectivity index (χ1n) is 7.70. The molecule has 1 aliphatic heterocycles. The van der Waals surface area contributed by atoms with Crippen LogP contribution in [-0.4, -0.2) is 48.3 Å². The van der Waals surface area contributed by atoms with Gasteiger partial charge in [-0.1, -0.05) is 13.3 Å². The third kappa shape index (κ3) is 5.29. The van der Waals surface area contributed by atoms with E-state index in [9.17, 15) is 4.79 Å². The number of ether oxygens (including phenoxy) is 1. The third-order valence-corrected chi connectivity index (χ3v) is 3.93. The number of alkyl carbamates (subject to hydrolysis) is 1. The van der Waals surface area contributed by atoms with Crippen molar-refractivity contribution in [1.29, 1.82) is 0 Å². The molecular weight excluding hydrogens is 254 g/mol. The molecule has 3 atom stereocenters. The van der Waals surface area contributed by atoms with E-state index in [1.807, 2.05) is 27.7 Å². The highest BCUT2D eigenvalue weighted by molar-refractivity contribution is 5.68. The van der Waals surface area contributed by atoms with E-state index in [0.29, 0.717) is 6.54 Å². The molecule has 0 aliphatic carbocycles. The Hall–Kier alpha value is -0.810. The van der Waals surface area contributed by atoms with Gasteiger partial charge in [0.1, 0.15) is 5.60 Å². The number of rotatable bonds is 5. The predicted octanol–water partition coefficient (Wildman–Crippen LogP) is 1.96. The maximum Gasteiger partial charge on any atom is 0.407 e. The molecular formula is C15H31N3O2. The van der Waals surface area contributed by atoms with Gasteiger partial charge >= 0.3 is 6.09 Å². The molecule has 3 N–H and O–H groups in total. The van der Waals surface area contributed by atoms with Gasteiger partial charge in [0.05, 0.1) is 0 Å². The smallest absolute Gasteiger partial charge is 0.407 e. The van der Waals surface area contributed by atoms with Crippen LogP contribution >= 0.6 is 0 Å². The lowest BCUT2D eigenvalue weighted by Gasteiger charge is -2.32. The molecule has 0 saturated carbocycles. The lowest BCUT2D eigenvalue weighted by molar-refractivity contribution is 0.0476. The van der Waals surface area contributed by atoms with Crippen LogP contribution in [0.15, 0.2) is 0 Å². The molecule has 1 amide bonds. The molecule has 0 spiro atoms. The Labute approximate surface area is 123 Å². The molecule has 1 fully saturated rings. The Kier molecular flexibility index (Phi) is 6.27. The molecule has 0 aromatic rings. The fourth-order valence-corrected chi connectivity index (χ4v) is 2.76. The Balaban J connectivity index is 2.51. The van der Waals surface area contributed by atoms with Gasteiger partial charge < -0.3 is 15.8 Å². The quantitative estimate of drug-likeness (QED) is 0.810. The fourth-order valence-electron chi connectivity index (χ4n) is 2.76. The molecule has 0 radical (unpaired) electrons. The van der Waals surface area contributed by atoms with E-state index in [1.54, 1.807) is 0 Å². The van der Waals surface area contributed by atoms with Crippen LogP contribution in [-0.2, 0) is 4.74 Å². The third-order valence-electron chi connectivity index (χ3n) is 3.93. The van der Waals surface area contributed by atoms with Crippen molar-refractivity contribution in [2.24, 2.45) is 11.7 Å². The predicted molar refractivity (Wildman–Crippen MR) is 81.6 cm³/mol. The van der Waals surface area contributed by atoms with Gasteiger partial charge in [0, 0.05) is 25.2 Å². The molecule has 5 heteroatoms. The van der Waals surface area contributed by atoms with Crippen molar-refractivity contribution in [3.05, 3.63) is 0 Å². The first kappa shape index (κ1) is 17.2. The standard InChI is InChI=1S/C15H31N3O2/c1-6-12-7-8-18(10-12)13(9-16)11(2)17-14(19)20-15(3,4)5/h11-13H,6-10,16H2,1-5H3,(H,17,19). The van der Waals surface area contributed by atoms with Crippen LogP contribution in [0.25, 0.3) is 0 Å². The summed E-state index contributed by atoms with van der Waals surface area (Å²) in [6.45, 7) is 12.5. The molecule has 20 heavy (non-hydrogen) atoms. The van der Waals surface area contributed by atoms with E-state index >= 15 is 0 Å². The second-order valence-electron chi connectivity index (χ2n) is 6.80. The van der Waals surface area contributed by atoms with Gasteiger partial charge in [0.15, 0.2) is 0 Å². The number of nitrogens with zero attached hydrogens (tertiary/aromatic N) is 1. The van der Waals surface area contributed by atoms with E-state index in [2.05, 4.69) is 17.1 Å². The zero-order chi connectivity index (χ0) is 15.3. The van der Waals surface area contributed by atoms with Gasteiger partial charge in [-0.05, 0) is 46.6 Å². The average Bonchev–Trinajstić information content (AvgIpc) is 2.75. The molecule has 1 aliphatic rings. The molecule has 3 unspecified atom stereocenters. The van der Waals surface area contributed by atoms with Crippen molar-refractivity contribution in [3.63, 3.8) is 0 Å². The van der Waals surface area contributed by atoms with E-state index < -0.39 is 5.60 Å². The first-order valence-corrected chi connectivity index (χ1v) is 7.70. The summed E-state index contributed by atoms with van der Waals surface area (Å²) in [5.41, 5.74) is 5.44. The molecule has 5 nitrogen and oxygen atoms in total.